The summed E-state index contributed by atoms with van der Waals surface area (Å²) in [5.74, 6) is 5.50. The van der Waals surface area contributed by atoms with Crippen molar-refractivity contribution >= 4 is 15.9 Å². The van der Waals surface area contributed by atoms with Crippen molar-refractivity contribution in [1.82, 2.24) is 14.7 Å². The Morgan fingerprint density at radius 2 is 1.69 bits per heavy atom. The quantitative estimate of drug-likeness (QED) is 0.360. The Labute approximate surface area is 211 Å². The number of aryl methyl sites for hydroxylation is 1. The third-order valence-corrected chi connectivity index (χ3v) is 8.66. The molecule has 3 aromatic rings. The van der Waals surface area contributed by atoms with Crippen molar-refractivity contribution in [3.8, 4) is 11.1 Å². The second-order valence-corrected chi connectivity index (χ2v) is 11.2. The number of benzene rings is 2. The van der Waals surface area contributed by atoms with Gasteiger partial charge in [-0.25, -0.2) is 12.8 Å². The van der Waals surface area contributed by atoms with E-state index < -0.39 is 10.0 Å². The van der Waals surface area contributed by atoms with Crippen LogP contribution in [0.4, 0.5) is 4.39 Å². The fourth-order valence-corrected chi connectivity index (χ4v) is 5.98. The molecule has 36 heavy (non-hydrogen) atoms. The summed E-state index contributed by atoms with van der Waals surface area (Å²) in [6, 6.07) is 14.0. The lowest BCUT2D eigenvalue weighted by molar-refractivity contribution is -0.126. The summed E-state index contributed by atoms with van der Waals surface area (Å²) in [5.41, 5.74) is 3.69. The second-order valence-electron chi connectivity index (χ2n) is 9.34. The van der Waals surface area contributed by atoms with Gasteiger partial charge in [0.2, 0.25) is 5.91 Å². The Morgan fingerprint density at radius 1 is 1.06 bits per heavy atom. The lowest BCUT2D eigenvalue weighted by Crippen LogP contribution is -2.48. The van der Waals surface area contributed by atoms with Crippen LogP contribution < -0.4 is 11.2 Å². The van der Waals surface area contributed by atoms with Crippen molar-refractivity contribution in [3.63, 3.8) is 0 Å². The van der Waals surface area contributed by atoms with E-state index in [4.69, 9.17) is 5.84 Å². The SMILES string of the molecule is Cc1ccncc1-c1ccc(S(=O)(=O)N(N)C2CCC(C(=O)N[C@H](C)c3ccc(F)cc3)CC2)cc1. The number of rotatable bonds is 7. The van der Waals surface area contributed by atoms with E-state index in [-0.39, 0.29) is 34.6 Å². The van der Waals surface area contributed by atoms with Crippen molar-refractivity contribution in [2.75, 3.05) is 0 Å². The van der Waals surface area contributed by atoms with E-state index >= 15 is 0 Å². The van der Waals surface area contributed by atoms with Gasteiger partial charge in [-0.15, -0.1) is 4.41 Å². The van der Waals surface area contributed by atoms with E-state index in [0.29, 0.717) is 25.7 Å². The molecule has 9 heteroatoms. The fraction of sp³-hybridized carbons (Fsp3) is 0.333. The highest BCUT2D eigenvalue weighted by Gasteiger charge is 2.34. The van der Waals surface area contributed by atoms with Gasteiger partial charge in [0, 0.05) is 29.9 Å². The Hall–Kier alpha value is -3.14. The van der Waals surface area contributed by atoms with Gasteiger partial charge in [0.05, 0.1) is 10.9 Å². The molecule has 7 nitrogen and oxygen atoms in total. The van der Waals surface area contributed by atoms with E-state index in [0.717, 1.165) is 26.7 Å². The van der Waals surface area contributed by atoms with Crippen molar-refractivity contribution in [1.29, 1.82) is 0 Å². The lowest BCUT2D eigenvalue weighted by atomic mass is 9.85. The molecule has 2 aromatic carbocycles. The van der Waals surface area contributed by atoms with Gasteiger partial charge in [0.15, 0.2) is 0 Å². The molecular formula is C27H31FN4O3S. The number of hydrazine groups is 1. The minimum Gasteiger partial charge on any atom is -0.349 e. The topological polar surface area (TPSA) is 105 Å². The van der Waals surface area contributed by atoms with Crippen molar-refractivity contribution in [3.05, 3.63) is 83.9 Å². The van der Waals surface area contributed by atoms with Crippen LogP contribution in [-0.4, -0.2) is 29.8 Å². The molecule has 0 radical (unpaired) electrons. The van der Waals surface area contributed by atoms with E-state index in [2.05, 4.69) is 10.3 Å². The maximum Gasteiger partial charge on any atom is 0.255 e. The standard InChI is InChI=1S/C27H31FN4O3S/c1-18-15-16-30-17-26(18)21-7-13-25(14-8-21)36(34,35)32(29)24-11-5-22(6-12-24)27(33)31-19(2)20-3-9-23(28)10-4-20/h3-4,7-10,13-17,19,22,24H,5-6,11-12,29H2,1-2H3,(H,31,33)/t19-,22?,24?/m1/s1. The molecule has 4 rings (SSSR count). The zero-order valence-electron chi connectivity index (χ0n) is 20.4. The number of hydrogen-bond donors (Lipinski definition) is 2. The number of carbonyl (C=O) groups excluding carboxylic acids is 1. The smallest absolute Gasteiger partial charge is 0.255 e. The van der Waals surface area contributed by atoms with Crippen molar-refractivity contribution < 1.29 is 17.6 Å². The van der Waals surface area contributed by atoms with Gasteiger partial charge in [-0.05, 0) is 86.6 Å². The molecule has 1 aliphatic rings. The molecule has 0 bridgehead atoms. The summed E-state index contributed by atoms with van der Waals surface area (Å²) < 4.78 is 40.4. The molecule has 190 valence electrons. The summed E-state index contributed by atoms with van der Waals surface area (Å²) in [5, 5.41) is 2.98. The number of nitrogens with zero attached hydrogens (tertiary/aromatic N) is 2. The molecule has 0 saturated heterocycles. The Balaban J connectivity index is 1.35. The van der Waals surface area contributed by atoms with Crippen LogP contribution in [0.15, 0.2) is 71.9 Å². The molecule has 0 aliphatic heterocycles. The van der Waals surface area contributed by atoms with E-state index in [9.17, 15) is 17.6 Å². The number of halogens is 1. The first-order valence-electron chi connectivity index (χ1n) is 12.0. The van der Waals surface area contributed by atoms with E-state index in [1.807, 2.05) is 19.9 Å². The highest BCUT2D eigenvalue weighted by atomic mass is 32.2. The molecule has 1 atom stereocenters. The predicted octanol–water partition coefficient (Wildman–Crippen LogP) is 4.50. The first-order chi connectivity index (χ1) is 17.2. The van der Waals surface area contributed by atoms with Gasteiger partial charge < -0.3 is 5.32 Å². The average molecular weight is 511 g/mol. The van der Waals surface area contributed by atoms with Gasteiger partial charge >= 0.3 is 0 Å². The van der Waals surface area contributed by atoms with Crippen LogP contribution in [0.3, 0.4) is 0 Å². The van der Waals surface area contributed by atoms with Gasteiger partial charge in [0.1, 0.15) is 5.82 Å². The zero-order valence-corrected chi connectivity index (χ0v) is 21.2. The Bertz CT molecular complexity index is 1310. The Morgan fingerprint density at radius 3 is 2.31 bits per heavy atom. The van der Waals surface area contributed by atoms with Gasteiger partial charge in [-0.3, -0.25) is 15.6 Å². The summed E-state index contributed by atoms with van der Waals surface area (Å²) >= 11 is 0. The molecule has 1 fully saturated rings. The van der Waals surface area contributed by atoms with E-state index in [1.165, 1.54) is 12.1 Å². The number of sulfonamides is 1. The predicted molar refractivity (Wildman–Crippen MR) is 136 cm³/mol. The fourth-order valence-electron chi connectivity index (χ4n) is 4.65. The number of nitrogens with one attached hydrogen (secondary N) is 1. The van der Waals surface area contributed by atoms with Crippen LogP contribution in [0.2, 0.25) is 0 Å². The molecule has 1 saturated carbocycles. The van der Waals surface area contributed by atoms with E-state index in [1.54, 1.807) is 48.8 Å². The molecule has 1 amide bonds. The molecule has 3 N–H and O–H groups in total. The number of hydrogen-bond acceptors (Lipinski definition) is 5. The van der Waals surface area contributed by atoms with Crippen LogP contribution in [0.5, 0.6) is 0 Å². The zero-order chi connectivity index (χ0) is 25.9. The molecule has 1 aliphatic carbocycles. The number of aromatic nitrogens is 1. The Kier molecular flexibility index (Phi) is 7.82. The first-order valence-corrected chi connectivity index (χ1v) is 13.5. The average Bonchev–Trinajstić information content (AvgIpc) is 2.89. The summed E-state index contributed by atoms with van der Waals surface area (Å²) in [4.78, 5) is 17.0. The third kappa shape index (κ3) is 5.64. The summed E-state index contributed by atoms with van der Waals surface area (Å²) in [7, 11) is -3.88. The molecule has 0 unspecified atom stereocenters. The van der Waals surface area contributed by atoms with Crippen LogP contribution >= 0.6 is 0 Å². The molecule has 1 aromatic heterocycles. The molecule has 1 heterocycles. The number of nitrogens with two attached hydrogens (primary N) is 1. The number of pyridine rings is 1. The monoisotopic (exact) mass is 510 g/mol. The summed E-state index contributed by atoms with van der Waals surface area (Å²) in [6.07, 6.45) is 5.53. The van der Waals surface area contributed by atoms with Crippen LogP contribution in [0, 0.1) is 18.7 Å². The largest absolute Gasteiger partial charge is 0.349 e. The first kappa shape index (κ1) is 25.9. The van der Waals surface area contributed by atoms with Crippen LogP contribution in [-0.2, 0) is 14.8 Å². The maximum atomic E-state index is 13.2. The van der Waals surface area contributed by atoms with Gasteiger partial charge in [0.25, 0.3) is 10.0 Å². The van der Waals surface area contributed by atoms with Crippen molar-refractivity contribution in [2.24, 2.45) is 11.8 Å². The van der Waals surface area contributed by atoms with Crippen LogP contribution in [0.25, 0.3) is 11.1 Å². The van der Waals surface area contributed by atoms with Crippen LogP contribution in [0.1, 0.15) is 49.8 Å². The minimum absolute atomic E-state index is 0.0852. The molecule has 0 spiro atoms. The minimum atomic E-state index is -3.88. The van der Waals surface area contributed by atoms with Gasteiger partial charge in [-0.1, -0.05) is 24.3 Å². The third-order valence-electron chi connectivity index (χ3n) is 6.94. The number of amides is 1. The van der Waals surface area contributed by atoms with Crippen molar-refractivity contribution in [2.45, 2.75) is 56.5 Å². The summed E-state index contributed by atoms with van der Waals surface area (Å²) in [6.45, 7) is 3.83. The maximum absolute atomic E-state index is 13.2. The molecular weight excluding hydrogens is 479 g/mol. The normalized spacial score (nSPS) is 19.1. The second kappa shape index (κ2) is 10.9. The highest BCUT2D eigenvalue weighted by molar-refractivity contribution is 7.89. The number of carbonyl (C=O) groups is 1. The lowest BCUT2D eigenvalue weighted by Gasteiger charge is -2.33. The van der Waals surface area contributed by atoms with Gasteiger partial charge in [-0.2, -0.15) is 0 Å². The highest BCUT2D eigenvalue weighted by Crippen LogP contribution is 2.31.